The molecule has 0 bridgehead atoms. The van der Waals surface area contributed by atoms with Crippen molar-refractivity contribution in [3.63, 3.8) is 0 Å². The van der Waals surface area contributed by atoms with Crippen LogP contribution in [0.1, 0.15) is 28.8 Å². The summed E-state index contributed by atoms with van der Waals surface area (Å²) in [5.41, 5.74) is 2.24. The van der Waals surface area contributed by atoms with Crippen LogP contribution in [-0.4, -0.2) is 39.7 Å². The fraction of sp³-hybridized carbons (Fsp3) is 0.318. The van der Waals surface area contributed by atoms with Gasteiger partial charge in [-0.25, -0.2) is 4.79 Å². The SMILES string of the molecule is Cn1cc(C(=O)O)c2cc(CN3CCC(Oc4ccc(Cl)cc4)CC3)cc(S)c21. The van der Waals surface area contributed by atoms with Crippen molar-refractivity contribution >= 4 is 41.1 Å². The standard InChI is InChI=1S/C22H23ClN2O3S/c1-24-13-19(22(26)27)18-10-14(11-20(29)21(18)24)12-25-8-6-17(7-9-25)28-16-4-2-15(23)3-5-16/h2-5,10-11,13,17,29H,6-9,12H2,1H3,(H,26,27). The lowest BCUT2D eigenvalue weighted by atomic mass is 10.0. The van der Waals surface area contributed by atoms with Gasteiger partial charge in [0.1, 0.15) is 11.9 Å². The molecule has 0 atom stereocenters. The fourth-order valence-corrected chi connectivity index (χ4v) is 4.56. The van der Waals surface area contributed by atoms with Gasteiger partial charge in [0.05, 0.1) is 11.1 Å². The average Bonchev–Trinajstić information content (AvgIpc) is 3.02. The average molecular weight is 431 g/mol. The molecule has 2 aromatic carbocycles. The van der Waals surface area contributed by atoms with Crippen LogP contribution in [0.4, 0.5) is 0 Å². The lowest BCUT2D eigenvalue weighted by molar-refractivity contribution is 0.0698. The molecule has 7 heteroatoms. The Labute approximate surface area is 180 Å². The van der Waals surface area contributed by atoms with Gasteiger partial charge in [0.2, 0.25) is 0 Å². The molecule has 0 saturated carbocycles. The number of benzene rings is 2. The lowest BCUT2D eigenvalue weighted by Crippen LogP contribution is -2.37. The number of carboxylic acid groups (broad SMARTS) is 1. The van der Waals surface area contributed by atoms with Crippen molar-refractivity contribution in [2.24, 2.45) is 7.05 Å². The van der Waals surface area contributed by atoms with Gasteiger partial charge in [-0.3, -0.25) is 4.90 Å². The van der Waals surface area contributed by atoms with Crippen molar-refractivity contribution in [3.8, 4) is 5.75 Å². The minimum absolute atomic E-state index is 0.197. The van der Waals surface area contributed by atoms with Crippen LogP contribution in [0.3, 0.4) is 0 Å². The van der Waals surface area contributed by atoms with Gasteiger partial charge < -0.3 is 14.4 Å². The first-order chi connectivity index (χ1) is 13.9. The second kappa shape index (κ2) is 8.30. The fourth-order valence-electron chi connectivity index (χ4n) is 3.99. The number of piperidine rings is 1. The minimum Gasteiger partial charge on any atom is -0.490 e. The van der Waals surface area contributed by atoms with E-state index in [1.807, 2.05) is 48.0 Å². The molecule has 0 unspecified atom stereocenters. The Kier molecular flexibility index (Phi) is 5.76. The largest absolute Gasteiger partial charge is 0.490 e. The Hall–Kier alpha value is -2.15. The van der Waals surface area contributed by atoms with E-state index < -0.39 is 5.97 Å². The molecule has 152 valence electrons. The number of aromatic carboxylic acids is 1. The summed E-state index contributed by atoms with van der Waals surface area (Å²) in [5.74, 6) is -0.0658. The van der Waals surface area contributed by atoms with Crippen LogP contribution in [0.15, 0.2) is 47.5 Å². The van der Waals surface area contributed by atoms with Gasteiger partial charge >= 0.3 is 5.97 Å². The minimum atomic E-state index is -0.916. The summed E-state index contributed by atoms with van der Waals surface area (Å²) in [7, 11) is 1.85. The van der Waals surface area contributed by atoms with Crippen molar-refractivity contribution < 1.29 is 14.6 Å². The molecule has 1 N–H and O–H groups in total. The molecule has 1 aliphatic rings. The molecular formula is C22H23ClN2O3S. The van der Waals surface area contributed by atoms with Crippen molar-refractivity contribution in [1.82, 2.24) is 9.47 Å². The quantitative estimate of drug-likeness (QED) is 0.567. The maximum absolute atomic E-state index is 11.6. The first-order valence-corrected chi connectivity index (χ1v) is 10.4. The predicted molar refractivity (Wildman–Crippen MR) is 118 cm³/mol. The van der Waals surface area contributed by atoms with Gasteiger partial charge in [-0.05, 0) is 54.8 Å². The highest BCUT2D eigenvalue weighted by Gasteiger charge is 2.22. The van der Waals surface area contributed by atoms with Gasteiger partial charge in [0, 0.05) is 48.2 Å². The second-order valence-corrected chi connectivity index (χ2v) is 8.44. The predicted octanol–water partition coefficient (Wildman–Crippen LogP) is 4.86. The van der Waals surface area contributed by atoms with E-state index in [0.29, 0.717) is 10.6 Å². The lowest BCUT2D eigenvalue weighted by Gasteiger charge is -2.32. The number of thiol groups is 1. The smallest absolute Gasteiger partial charge is 0.337 e. The molecular weight excluding hydrogens is 408 g/mol. The number of likely N-dealkylation sites (tertiary alicyclic amines) is 1. The highest BCUT2D eigenvalue weighted by atomic mass is 35.5. The second-order valence-electron chi connectivity index (χ2n) is 7.52. The van der Waals surface area contributed by atoms with Crippen LogP contribution < -0.4 is 4.74 Å². The number of hydrogen-bond acceptors (Lipinski definition) is 4. The highest BCUT2D eigenvalue weighted by molar-refractivity contribution is 7.80. The van der Waals surface area contributed by atoms with E-state index in [1.54, 1.807) is 6.20 Å². The number of carbonyl (C=O) groups is 1. The van der Waals surface area contributed by atoms with E-state index in [4.69, 9.17) is 16.3 Å². The van der Waals surface area contributed by atoms with E-state index in [2.05, 4.69) is 17.5 Å². The number of rotatable bonds is 5. The summed E-state index contributed by atoms with van der Waals surface area (Å²) >= 11 is 10.5. The molecule has 1 aliphatic heterocycles. The molecule has 0 aliphatic carbocycles. The molecule has 29 heavy (non-hydrogen) atoms. The third-order valence-electron chi connectivity index (χ3n) is 5.40. The van der Waals surface area contributed by atoms with Gasteiger partial charge in [0.15, 0.2) is 0 Å². The molecule has 0 radical (unpaired) electrons. The Bertz CT molecular complexity index is 1040. The van der Waals surface area contributed by atoms with E-state index in [0.717, 1.165) is 59.6 Å². The number of aromatic nitrogens is 1. The zero-order valence-corrected chi connectivity index (χ0v) is 17.8. The number of aryl methyl sites for hydroxylation is 1. The Morgan fingerprint density at radius 2 is 1.93 bits per heavy atom. The van der Waals surface area contributed by atoms with Crippen molar-refractivity contribution in [2.45, 2.75) is 30.4 Å². The Balaban J connectivity index is 1.42. The molecule has 1 saturated heterocycles. The first kappa shape index (κ1) is 20.1. The van der Waals surface area contributed by atoms with Crippen LogP contribution in [0, 0.1) is 0 Å². The summed E-state index contributed by atoms with van der Waals surface area (Å²) in [4.78, 5) is 14.7. The summed E-state index contributed by atoms with van der Waals surface area (Å²) in [5, 5.41) is 10.9. The Morgan fingerprint density at radius 1 is 1.24 bits per heavy atom. The summed E-state index contributed by atoms with van der Waals surface area (Å²) < 4.78 is 7.89. The van der Waals surface area contributed by atoms with Crippen LogP contribution in [-0.2, 0) is 13.6 Å². The zero-order valence-electron chi connectivity index (χ0n) is 16.1. The molecule has 0 spiro atoms. The number of hydrogen-bond donors (Lipinski definition) is 2. The summed E-state index contributed by atoms with van der Waals surface area (Å²) in [6, 6.07) is 11.5. The monoisotopic (exact) mass is 430 g/mol. The van der Waals surface area contributed by atoms with Crippen LogP contribution >= 0.6 is 24.2 Å². The number of halogens is 1. The van der Waals surface area contributed by atoms with Gasteiger partial charge in [-0.2, -0.15) is 0 Å². The van der Waals surface area contributed by atoms with Crippen LogP contribution in [0.2, 0.25) is 5.02 Å². The van der Waals surface area contributed by atoms with Gasteiger partial charge in [-0.15, -0.1) is 12.6 Å². The van der Waals surface area contributed by atoms with E-state index in [9.17, 15) is 9.90 Å². The molecule has 1 fully saturated rings. The number of nitrogens with zero attached hydrogens (tertiary/aromatic N) is 2. The Morgan fingerprint density at radius 3 is 2.59 bits per heavy atom. The molecule has 4 rings (SSSR count). The number of fused-ring (bicyclic) bond motifs is 1. The van der Waals surface area contributed by atoms with Gasteiger partial charge in [-0.1, -0.05) is 11.6 Å². The molecule has 3 aromatic rings. The third kappa shape index (κ3) is 4.39. The van der Waals surface area contributed by atoms with Crippen molar-refractivity contribution in [1.29, 1.82) is 0 Å². The summed E-state index contributed by atoms with van der Waals surface area (Å²) in [6.45, 7) is 2.63. The third-order valence-corrected chi connectivity index (χ3v) is 6.00. The number of ether oxygens (including phenoxy) is 1. The zero-order chi connectivity index (χ0) is 20.5. The summed E-state index contributed by atoms with van der Waals surface area (Å²) in [6.07, 6.45) is 3.74. The van der Waals surface area contributed by atoms with Gasteiger partial charge in [0.25, 0.3) is 0 Å². The molecule has 5 nitrogen and oxygen atoms in total. The maximum Gasteiger partial charge on any atom is 0.337 e. The van der Waals surface area contributed by atoms with E-state index in [-0.39, 0.29) is 6.10 Å². The molecule has 0 amide bonds. The number of carboxylic acids is 1. The molecule has 1 aromatic heterocycles. The highest BCUT2D eigenvalue weighted by Crippen LogP contribution is 2.29. The van der Waals surface area contributed by atoms with E-state index >= 15 is 0 Å². The normalized spacial score (nSPS) is 15.7. The van der Waals surface area contributed by atoms with Crippen molar-refractivity contribution in [3.05, 3.63) is 58.7 Å². The first-order valence-electron chi connectivity index (χ1n) is 9.59. The topological polar surface area (TPSA) is 54.7 Å². The van der Waals surface area contributed by atoms with Crippen molar-refractivity contribution in [2.75, 3.05) is 13.1 Å². The molecule has 2 heterocycles. The van der Waals surface area contributed by atoms with Crippen LogP contribution in [0.25, 0.3) is 10.9 Å². The maximum atomic E-state index is 11.6. The van der Waals surface area contributed by atoms with Crippen LogP contribution in [0.5, 0.6) is 5.75 Å². The van der Waals surface area contributed by atoms with E-state index in [1.165, 1.54) is 0 Å².